The molecule has 0 atom stereocenters. The SMILES string of the molecule is CC(=Nc1cccc(Br)c1)c1cc(C(C)=Nc2cccc(Br)c2)c(O)cc1O.Oc1cccc2cccnc12.Oc1cccc2cccnc12.[Cu].[Cu]. The number of para-hydroxylation sites is 2. The summed E-state index contributed by atoms with van der Waals surface area (Å²) in [6.07, 6.45) is 3.34. The largest absolute Gasteiger partial charge is 0.507 e. The quantitative estimate of drug-likeness (QED) is 0.103. The van der Waals surface area contributed by atoms with E-state index in [1.807, 2.05) is 98.8 Å². The second-order valence-electron chi connectivity index (χ2n) is 10.9. The standard InChI is InChI=1S/C22H18Br2N2O2.2C9H7NO.2Cu/c1-13(25-17-7-3-5-15(23)9-17)19-11-20(22(28)12-21(19)27)14(2)26-18-8-4-6-16(24)10-18;2*11-8-5-1-3-7-4-2-6-10-9(7)8;;/h3-12,27-28H,1-2H3;2*1-6,11H;;. The molecule has 4 N–H and O–H groups in total. The number of aromatic hydroxyl groups is 4. The zero-order valence-corrected chi connectivity index (χ0v) is 32.7. The van der Waals surface area contributed by atoms with Crippen molar-refractivity contribution in [2.24, 2.45) is 9.98 Å². The first-order valence-corrected chi connectivity index (χ1v) is 16.9. The Balaban J connectivity index is 0.000000248. The predicted molar refractivity (Wildman–Crippen MR) is 209 cm³/mol. The van der Waals surface area contributed by atoms with Crippen LogP contribution in [0.4, 0.5) is 11.4 Å². The fourth-order valence-corrected chi connectivity index (χ4v) is 5.71. The average molecular weight is 920 g/mol. The Morgan fingerprint density at radius 1 is 0.481 bits per heavy atom. The van der Waals surface area contributed by atoms with E-state index in [1.165, 1.54) is 6.07 Å². The Hall–Kier alpha value is -4.54. The van der Waals surface area contributed by atoms with Crippen molar-refractivity contribution in [2.75, 3.05) is 0 Å². The van der Waals surface area contributed by atoms with Gasteiger partial charge < -0.3 is 20.4 Å². The second-order valence-corrected chi connectivity index (χ2v) is 12.8. The summed E-state index contributed by atoms with van der Waals surface area (Å²) in [5.41, 5.74) is 5.19. The summed E-state index contributed by atoms with van der Waals surface area (Å²) < 4.78 is 1.85. The summed E-state index contributed by atoms with van der Waals surface area (Å²) in [5, 5.41) is 41.2. The molecule has 0 unspecified atom stereocenters. The number of rotatable bonds is 4. The number of nitrogens with zero attached hydrogens (tertiary/aromatic N) is 4. The number of fused-ring (bicyclic) bond motifs is 2. The molecule has 0 aliphatic carbocycles. The van der Waals surface area contributed by atoms with Gasteiger partial charge >= 0.3 is 0 Å². The molecule has 0 spiro atoms. The molecule has 2 aromatic heterocycles. The Morgan fingerprint density at radius 2 is 0.865 bits per heavy atom. The minimum atomic E-state index is -0.0345. The van der Waals surface area contributed by atoms with Crippen molar-refractivity contribution in [1.29, 1.82) is 0 Å². The van der Waals surface area contributed by atoms with Crippen LogP contribution in [0, 0.1) is 0 Å². The Morgan fingerprint density at radius 3 is 1.25 bits per heavy atom. The van der Waals surface area contributed by atoms with Crippen LogP contribution in [-0.2, 0) is 34.1 Å². The zero-order valence-electron chi connectivity index (χ0n) is 27.6. The third kappa shape index (κ3) is 11.2. The molecule has 2 heterocycles. The van der Waals surface area contributed by atoms with Gasteiger partial charge in [0.15, 0.2) is 0 Å². The van der Waals surface area contributed by atoms with E-state index in [2.05, 4.69) is 51.8 Å². The fraction of sp³-hybridized carbons (Fsp3) is 0.0500. The number of hydrogen-bond acceptors (Lipinski definition) is 8. The van der Waals surface area contributed by atoms with Crippen molar-refractivity contribution in [3.63, 3.8) is 0 Å². The fourth-order valence-electron chi connectivity index (χ4n) is 4.93. The van der Waals surface area contributed by atoms with Gasteiger partial charge in [-0.2, -0.15) is 0 Å². The summed E-state index contributed by atoms with van der Waals surface area (Å²) in [6.45, 7) is 3.63. The maximum absolute atomic E-state index is 10.3. The van der Waals surface area contributed by atoms with Crippen molar-refractivity contribution >= 4 is 76.5 Å². The molecule has 0 aliphatic heterocycles. The number of aromatic nitrogens is 2. The van der Waals surface area contributed by atoms with E-state index in [0.717, 1.165) is 31.1 Å². The summed E-state index contributed by atoms with van der Waals surface area (Å²) in [5.74, 6) is 0.409. The first-order valence-electron chi connectivity index (χ1n) is 15.3. The smallest absolute Gasteiger partial charge is 0.141 e. The van der Waals surface area contributed by atoms with Gasteiger partial charge in [-0.3, -0.25) is 20.0 Å². The summed E-state index contributed by atoms with van der Waals surface area (Å²) in [6, 6.07) is 36.5. The molecule has 7 aromatic rings. The maximum Gasteiger partial charge on any atom is 0.141 e. The van der Waals surface area contributed by atoms with Gasteiger partial charge in [0.25, 0.3) is 0 Å². The molecule has 272 valence electrons. The van der Waals surface area contributed by atoms with Crippen molar-refractivity contribution in [2.45, 2.75) is 13.8 Å². The Bertz CT molecular complexity index is 2190. The molecule has 0 saturated carbocycles. The molecule has 0 aliphatic rings. The van der Waals surface area contributed by atoms with Gasteiger partial charge in [-0.15, -0.1) is 0 Å². The van der Waals surface area contributed by atoms with E-state index in [1.54, 1.807) is 42.7 Å². The first-order chi connectivity index (χ1) is 24.1. The summed E-state index contributed by atoms with van der Waals surface area (Å²) in [7, 11) is 0. The van der Waals surface area contributed by atoms with Crippen LogP contribution in [0.25, 0.3) is 21.8 Å². The molecule has 12 heteroatoms. The Kier molecular flexibility index (Phi) is 16.0. The summed E-state index contributed by atoms with van der Waals surface area (Å²) in [4.78, 5) is 17.2. The van der Waals surface area contributed by atoms with Gasteiger partial charge in [0.05, 0.1) is 11.4 Å². The van der Waals surface area contributed by atoms with Crippen LogP contribution in [-0.4, -0.2) is 41.8 Å². The number of benzene rings is 5. The number of aliphatic imine (C=N–C) groups is 2. The van der Waals surface area contributed by atoms with Crippen LogP contribution in [0.1, 0.15) is 25.0 Å². The van der Waals surface area contributed by atoms with Crippen LogP contribution in [0.3, 0.4) is 0 Å². The van der Waals surface area contributed by atoms with Crippen molar-refractivity contribution in [3.05, 3.63) is 154 Å². The molecule has 52 heavy (non-hydrogen) atoms. The van der Waals surface area contributed by atoms with Gasteiger partial charge in [0, 0.05) is 94.9 Å². The third-order valence-electron chi connectivity index (χ3n) is 7.33. The molecule has 7 rings (SSSR count). The zero-order chi connectivity index (χ0) is 35.6. The molecule has 0 amide bonds. The van der Waals surface area contributed by atoms with Gasteiger partial charge in [-0.25, -0.2) is 0 Å². The monoisotopic (exact) mass is 916 g/mol. The number of hydrogen-bond donors (Lipinski definition) is 4. The molecule has 5 aromatic carbocycles. The topological polar surface area (TPSA) is 131 Å². The van der Waals surface area contributed by atoms with Crippen molar-refractivity contribution in [3.8, 4) is 23.0 Å². The van der Waals surface area contributed by atoms with Gasteiger partial charge in [0.1, 0.15) is 34.0 Å². The molecule has 0 saturated heterocycles. The average Bonchev–Trinajstić information content (AvgIpc) is 3.09. The van der Waals surface area contributed by atoms with Crippen molar-refractivity contribution in [1.82, 2.24) is 9.97 Å². The van der Waals surface area contributed by atoms with Crippen LogP contribution in [0.5, 0.6) is 23.0 Å². The van der Waals surface area contributed by atoms with Crippen LogP contribution >= 0.6 is 31.9 Å². The van der Waals surface area contributed by atoms with E-state index in [-0.39, 0.29) is 57.1 Å². The van der Waals surface area contributed by atoms with Gasteiger partial charge in [0.2, 0.25) is 0 Å². The predicted octanol–water partition coefficient (Wildman–Crippen LogP) is 10.8. The molecule has 0 fully saturated rings. The maximum atomic E-state index is 10.3. The molecule has 2 radical (unpaired) electrons. The normalized spacial score (nSPS) is 10.9. The van der Waals surface area contributed by atoms with E-state index in [9.17, 15) is 20.4 Å². The van der Waals surface area contributed by atoms with Gasteiger partial charge in [-0.05, 0) is 80.6 Å². The molecular weight excluding hydrogens is 887 g/mol. The van der Waals surface area contributed by atoms with Crippen LogP contribution < -0.4 is 0 Å². The molecular formula is C40H32Br2Cu2N4O4. The van der Waals surface area contributed by atoms with Crippen molar-refractivity contribution < 1.29 is 54.6 Å². The third-order valence-corrected chi connectivity index (χ3v) is 8.31. The van der Waals surface area contributed by atoms with Crippen LogP contribution in [0.15, 0.2) is 153 Å². The minimum Gasteiger partial charge on any atom is -0.507 e. The number of phenolic OH excluding ortho intramolecular Hbond substituents is 4. The molecule has 0 bridgehead atoms. The minimum absolute atomic E-state index is 0. The van der Waals surface area contributed by atoms with E-state index in [4.69, 9.17) is 0 Å². The van der Waals surface area contributed by atoms with E-state index < -0.39 is 0 Å². The number of phenols is 4. The Labute approximate surface area is 339 Å². The summed E-state index contributed by atoms with van der Waals surface area (Å²) >= 11 is 6.86. The number of pyridine rings is 2. The molecule has 8 nitrogen and oxygen atoms in total. The number of halogens is 2. The first kappa shape index (κ1) is 41.9. The van der Waals surface area contributed by atoms with E-state index >= 15 is 0 Å². The van der Waals surface area contributed by atoms with Gasteiger partial charge in [-0.1, -0.05) is 80.4 Å². The second kappa shape index (κ2) is 19.9. The van der Waals surface area contributed by atoms with Crippen LogP contribution in [0.2, 0.25) is 0 Å². The van der Waals surface area contributed by atoms with E-state index in [0.29, 0.717) is 33.6 Å².